The lowest BCUT2D eigenvalue weighted by Crippen LogP contribution is -2.50. The summed E-state index contributed by atoms with van der Waals surface area (Å²) >= 11 is 0. The average molecular weight is 504 g/mol. The SMILES string of the molecule is C[C@H](OC(C)(C)C)C(NC(=O)c1ccc2ccccc2c1OCc1ccc(C(F)(F)F)cc1)C(=O)O. The number of nitrogens with one attached hydrogen (secondary N) is 1. The summed E-state index contributed by atoms with van der Waals surface area (Å²) in [5.74, 6) is -1.74. The highest BCUT2D eigenvalue weighted by atomic mass is 19.4. The van der Waals surface area contributed by atoms with E-state index in [9.17, 15) is 27.9 Å². The summed E-state index contributed by atoms with van der Waals surface area (Å²) in [6.07, 6.45) is -5.28. The van der Waals surface area contributed by atoms with Crippen LogP contribution >= 0.6 is 0 Å². The van der Waals surface area contributed by atoms with E-state index < -0.39 is 41.4 Å². The first-order valence-corrected chi connectivity index (χ1v) is 11.3. The molecule has 0 radical (unpaired) electrons. The van der Waals surface area contributed by atoms with E-state index in [2.05, 4.69) is 5.32 Å². The number of hydrogen-bond acceptors (Lipinski definition) is 4. The van der Waals surface area contributed by atoms with Crippen molar-refractivity contribution in [1.29, 1.82) is 0 Å². The van der Waals surface area contributed by atoms with Crippen molar-refractivity contribution in [3.63, 3.8) is 0 Å². The molecular formula is C27H28F3NO5. The van der Waals surface area contributed by atoms with Crippen LogP contribution in [0.1, 0.15) is 49.2 Å². The second-order valence-electron chi connectivity index (χ2n) is 9.37. The first kappa shape index (κ1) is 27.0. The van der Waals surface area contributed by atoms with Crippen LogP contribution < -0.4 is 10.1 Å². The Balaban J connectivity index is 1.90. The van der Waals surface area contributed by atoms with Crippen LogP contribution in [0.5, 0.6) is 5.75 Å². The van der Waals surface area contributed by atoms with Gasteiger partial charge in [0.15, 0.2) is 6.04 Å². The van der Waals surface area contributed by atoms with E-state index in [1.165, 1.54) is 18.2 Å². The average Bonchev–Trinajstić information content (AvgIpc) is 2.79. The fraction of sp³-hybridized carbons (Fsp3) is 0.333. The highest BCUT2D eigenvalue weighted by molar-refractivity contribution is 6.04. The molecule has 0 aliphatic heterocycles. The van der Waals surface area contributed by atoms with Crippen molar-refractivity contribution in [2.45, 2.75) is 58.2 Å². The number of carbonyl (C=O) groups is 2. The molecule has 0 bridgehead atoms. The van der Waals surface area contributed by atoms with E-state index in [1.807, 2.05) is 12.1 Å². The molecule has 0 aromatic heterocycles. The third-order valence-electron chi connectivity index (χ3n) is 5.35. The van der Waals surface area contributed by atoms with Gasteiger partial charge in [0, 0.05) is 5.39 Å². The summed E-state index contributed by atoms with van der Waals surface area (Å²) in [5.41, 5.74) is -0.841. The summed E-state index contributed by atoms with van der Waals surface area (Å²) in [7, 11) is 0. The Hall–Kier alpha value is -3.59. The topological polar surface area (TPSA) is 84.9 Å². The molecule has 2 N–H and O–H groups in total. The molecule has 0 aliphatic rings. The van der Waals surface area contributed by atoms with Gasteiger partial charge in [-0.2, -0.15) is 13.2 Å². The summed E-state index contributed by atoms with van der Waals surface area (Å²) in [4.78, 5) is 25.1. The van der Waals surface area contributed by atoms with Gasteiger partial charge in [-0.3, -0.25) is 4.79 Å². The quantitative estimate of drug-likeness (QED) is 0.404. The van der Waals surface area contributed by atoms with Crippen LogP contribution in [0.4, 0.5) is 13.2 Å². The Kier molecular flexibility index (Phi) is 7.93. The maximum Gasteiger partial charge on any atom is 0.416 e. The van der Waals surface area contributed by atoms with Gasteiger partial charge in [0.25, 0.3) is 5.91 Å². The van der Waals surface area contributed by atoms with Crippen LogP contribution in [0.2, 0.25) is 0 Å². The van der Waals surface area contributed by atoms with E-state index >= 15 is 0 Å². The molecule has 3 rings (SSSR count). The van der Waals surface area contributed by atoms with Gasteiger partial charge >= 0.3 is 12.1 Å². The largest absolute Gasteiger partial charge is 0.487 e. The zero-order chi connectivity index (χ0) is 26.7. The number of carboxylic acids is 1. The monoisotopic (exact) mass is 503 g/mol. The van der Waals surface area contributed by atoms with Crippen LogP contribution in [-0.4, -0.2) is 34.7 Å². The minimum absolute atomic E-state index is 0.0924. The number of aliphatic carboxylic acids is 1. The molecule has 0 saturated carbocycles. The Morgan fingerprint density at radius 1 is 0.972 bits per heavy atom. The predicted octanol–water partition coefficient (Wildman–Crippen LogP) is 5.82. The Bertz CT molecular complexity index is 1230. The molecule has 192 valence electrons. The second-order valence-corrected chi connectivity index (χ2v) is 9.37. The first-order valence-electron chi connectivity index (χ1n) is 11.3. The number of rotatable bonds is 8. The summed E-state index contributed by atoms with van der Waals surface area (Å²) in [5, 5.41) is 13.6. The Morgan fingerprint density at radius 3 is 2.19 bits per heavy atom. The van der Waals surface area contributed by atoms with Crippen molar-refractivity contribution in [2.75, 3.05) is 0 Å². The highest BCUT2D eigenvalue weighted by Crippen LogP contribution is 2.32. The molecule has 0 spiro atoms. The molecule has 0 fully saturated rings. The zero-order valence-corrected chi connectivity index (χ0v) is 20.3. The van der Waals surface area contributed by atoms with Crippen LogP contribution in [0, 0.1) is 0 Å². The number of carboxylic acid groups (broad SMARTS) is 1. The molecule has 0 aliphatic carbocycles. The van der Waals surface area contributed by atoms with Gasteiger partial charge in [-0.1, -0.05) is 42.5 Å². The van der Waals surface area contributed by atoms with Gasteiger partial charge in [-0.15, -0.1) is 0 Å². The molecule has 6 nitrogen and oxygen atoms in total. The third kappa shape index (κ3) is 6.75. The molecule has 9 heteroatoms. The third-order valence-corrected chi connectivity index (χ3v) is 5.35. The lowest BCUT2D eigenvalue weighted by Gasteiger charge is -2.29. The van der Waals surface area contributed by atoms with Crippen molar-refractivity contribution in [2.24, 2.45) is 0 Å². The molecule has 3 aromatic carbocycles. The molecule has 0 saturated heterocycles. The van der Waals surface area contributed by atoms with Crippen molar-refractivity contribution in [3.8, 4) is 5.75 Å². The first-order chi connectivity index (χ1) is 16.8. The summed E-state index contributed by atoms with van der Waals surface area (Å²) in [6, 6.07) is 13.6. The number of amides is 1. The number of fused-ring (bicyclic) bond motifs is 1. The van der Waals surface area contributed by atoms with Crippen molar-refractivity contribution in [3.05, 3.63) is 77.4 Å². The van der Waals surface area contributed by atoms with Crippen LogP contribution in [0.25, 0.3) is 10.8 Å². The number of hydrogen-bond donors (Lipinski definition) is 2. The van der Waals surface area contributed by atoms with Crippen LogP contribution in [-0.2, 0) is 22.3 Å². The Morgan fingerprint density at radius 2 is 1.61 bits per heavy atom. The Labute approximate surface area is 207 Å². The molecule has 36 heavy (non-hydrogen) atoms. The standard InChI is InChI=1S/C27H28F3NO5/c1-16(36-26(2,3)4)22(25(33)34)31-24(32)21-14-11-18-7-5-6-8-20(18)23(21)35-15-17-9-12-19(13-10-17)27(28,29)30/h5-14,16,22H,15H2,1-4H3,(H,31,32)(H,33,34)/t16-,22?/m0/s1. The highest BCUT2D eigenvalue weighted by Gasteiger charge is 2.32. The lowest BCUT2D eigenvalue weighted by molar-refractivity contribution is -0.147. The molecule has 0 heterocycles. The van der Waals surface area contributed by atoms with Gasteiger partial charge in [0.1, 0.15) is 12.4 Å². The molecule has 3 aromatic rings. The number of ether oxygens (including phenoxy) is 2. The normalized spacial score (nSPS) is 13.8. The van der Waals surface area contributed by atoms with Gasteiger partial charge in [-0.25, -0.2) is 4.79 Å². The number of benzene rings is 3. The molecule has 1 unspecified atom stereocenters. The van der Waals surface area contributed by atoms with E-state index in [-0.39, 0.29) is 17.9 Å². The smallest absolute Gasteiger partial charge is 0.416 e. The van der Waals surface area contributed by atoms with E-state index in [0.717, 1.165) is 17.5 Å². The number of alkyl halides is 3. The van der Waals surface area contributed by atoms with E-state index in [1.54, 1.807) is 45.9 Å². The molecule has 1 amide bonds. The number of halogens is 3. The fourth-order valence-corrected chi connectivity index (χ4v) is 3.75. The van der Waals surface area contributed by atoms with Crippen molar-refractivity contribution >= 4 is 22.6 Å². The van der Waals surface area contributed by atoms with Gasteiger partial charge in [0.2, 0.25) is 0 Å². The summed E-state index contributed by atoms with van der Waals surface area (Å²) < 4.78 is 50.3. The van der Waals surface area contributed by atoms with Crippen molar-refractivity contribution < 1.29 is 37.3 Å². The predicted molar refractivity (Wildman–Crippen MR) is 129 cm³/mol. The van der Waals surface area contributed by atoms with E-state index in [0.29, 0.717) is 10.9 Å². The van der Waals surface area contributed by atoms with E-state index in [4.69, 9.17) is 9.47 Å². The van der Waals surface area contributed by atoms with Crippen molar-refractivity contribution in [1.82, 2.24) is 5.32 Å². The minimum atomic E-state index is -4.45. The minimum Gasteiger partial charge on any atom is -0.487 e. The second kappa shape index (κ2) is 10.6. The van der Waals surface area contributed by atoms with Gasteiger partial charge in [-0.05, 0) is 56.8 Å². The van der Waals surface area contributed by atoms with Gasteiger partial charge in [0.05, 0.1) is 22.8 Å². The fourth-order valence-electron chi connectivity index (χ4n) is 3.75. The van der Waals surface area contributed by atoms with Crippen LogP contribution in [0.3, 0.4) is 0 Å². The van der Waals surface area contributed by atoms with Crippen LogP contribution in [0.15, 0.2) is 60.7 Å². The molecular weight excluding hydrogens is 475 g/mol. The van der Waals surface area contributed by atoms with Gasteiger partial charge < -0.3 is 19.9 Å². The maximum atomic E-state index is 13.2. The molecule has 2 atom stereocenters. The lowest BCUT2D eigenvalue weighted by atomic mass is 10.0. The zero-order valence-electron chi connectivity index (χ0n) is 20.3. The summed E-state index contributed by atoms with van der Waals surface area (Å²) in [6.45, 7) is 6.80. The number of carbonyl (C=O) groups excluding carboxylic acids is 1. The maximum absolute atomic E-state index is 13.2.